The molecule has 1 aliphatic rings. The maximum atomic E-state index is 5.77. The maximum absolute atomic E-state index is 5.77. The van der Waals surface area contributed by atoms with Crippen LogP contribution in [0.25, 0.3) is 0 Å². The molecule has 0 spiro atoms. The predicted molar refractivity (Wildman–Crippen MR) is 74.1 cm³/mol. The number of morpholine rings is 1. The summed E-state index contributed by atoms with van der Waals surface area (Å²) < 4.78 is 5.77. The van der Waals surface area contributed by atoms with E-state index in [0.29, 0.717) is 0 Å². The first-order valence-electron chi connectivity index (χ1n) is 6.65. The van der Waals surface area contributed by atoms with Gasteiger partial charge < -0.3 is 14.5 Å². The third kappa shape index (κ3) is 3.43. The van der Waals surface area contributed by atoms with Crippen LogP contribution in [0.1, 0.15) is 12.5 Å². The van der Waals surface area contributed by atoms with E-state index in [0.717, 1.165) is 38.5 Å². The smallest absolute Gasteiger partial charge is 0.128 e. The highest BCUT2D eigenvalue weighted by Gasteiger charge is 2.21. The van der Waals surface area contributed by atoms with E-state index in [4.69, 9.17) is 4.74 Å². The molecule has 1 unspecified atom stereocenters. The Morgan fingerprint density at radius 1 is 1.44 bits per heavy atom. The van der Waals surface area contributed by atoms with Crippen LogP contribution < -0.4 is 4.90 Å². The van der Waals surface area contributed by atoms with E-state index in [9.17, 15) is 0 Å². The van der Waals surface area contributed by atoms with Crippen LogP contribution >= 0.6 is 0 Å². The SMILES string of the molecule is CCc1ccc(N2CCOC(CN(C)C)C2)nc1. The molecule has 1 fully saturated rings. The molecule has 0 N–H and O–H groups in total. The van der Waals surface area contributed by atoms with E-state index < -0.39 is 0 Å². The van der Waals surface area contributed by atoms with Crippen LogP contribution in [0.5, 0.6) is 0 Å². The highest BCUT2D eigenvalue weighted by atomic mass is 16.5. The Kier molecular flexibility index (Phi) is 4.55. The van der Waals surface area contributed by atoms with Gasteiger partial charge in [0, 0.05) is 25.8 Å². The number of hydrogen-bond acceptors (Lipinski definition) is 4. The molecule has 0 aliphatic carbocycles. The number of aromatic nitrogens is 1. The van der Waals surface area contributed by atoms with Gasteiger partial charge in [0.15, 0.2) is 0 Å². The summed E-state index contributed by atoms with van der Waals surface area (Å²) in [6.45, 7) is 5.76. The summed E-state index contributed by atoms with van der Waals surface area (Å²) in [4.78, 5) is 9.03. The van der Waals surface area contributed by atoms with Crippen molar-refractivity contribution < 1.29 is 4.74 Å². The van der Waals surface area contributed by atoms with Crippen LogP contribution in [-0.2, 0) is 11.2 Å². The fourth-order valence-electron chi connectivity index (χ4n) is 2.26. The second-order valence-electron chi connectivity index (χ2n) is 5.08. The second kappa shape index (κ2) is 6.16. The largest absolute Gasteiger partial charge is 0.373 e. The summed E-state index contributed by atoms with van der Waals surface area (Å²) in [5, 5.41) is 0. The zero-order valence-corrected chi connectivity index (χ0v) is 11.6. The van der Waals surface area contributed by atoms with Gasteiger partial charge in [0.25, 0.3) is 0 Å². The number of likely N-dealkylation sites (N-methyl/N-ethyl adjacent to an activating group) is 1. The number of anilines is 1. The molecule has 0 amide bonds. The molecule has 1 saturated heterocycles. The predicted octanol–water partition coefficient (Wildman–Crippen LogP) is 1.41. The Labute approximate surface area is 110 Å². The van der Waals surface area contributed by atoms with Gasteiger partial charge in [-0.2, -0.15) is 0 Å². The summed E-state index contributed by atoms with van der Waals surface area (Å²) in [5.41, 5.74) is 1.29. The molecule has 0 radical (unpaired) electrons. The lowest BCUT2D eigenvalue weighted by Crippen LogP contribution is -2.46. The summed E-state index contributed by atoms with van der Waals surface area (Å²) in [5.74, 6) is 1.07. The van der Waals surface area contributed by atoms with Gasteiger partial charge in [0.2, 0.25) is 0 Å². The Bertz CT molecular complexity index is 364. The molecule has 0 bridgehead atoms. The van der Waals surface area contributed by atoms with Crippen LogP contribution in [0, 0.1) is 0 Å². The molecule has 2 heterocycles. The standard InChI is InChI=1S/C14H23N3O/c1-4-12-5-6-14(15-9-12)17-7-8-18-13(11-17)10-16(2)3/h5-6,9,13H,4,7-8,10-11H2,1-3H3. The van der Waals surface area contributed by atoms with Crippen LogP contribution in [0.2, 0.25) is 0 Å². The Morgan fingerprint density at radius 3 is 2.89 bits per heavy atom. The van der Waals surface area contributed by atoms with Gasteiger partial charge in [0.1, 0.15) is 5.82 Å². The van der Waals surface area contributed by atoms with E-state index in [1.165, 1.54) is 5.56 Å². The number of hydrogen-bond donors (Lipinski definition) is 0. The summed E-state index contributed by atoms with van der Waals surface area (Å²) in [6, 6.07) is 4.29. The summed E-state index contributed by atoms with van der Waals surface area (Å²) in [7, 11) is 4.16. The third-order valence-electron chi connectivity index (χ3n) is 3.25. The normalized spacial score (nSPS) is 20.4. The van der Waals surface area contributed by atoms with Gasteiger partial charge in [-0.3, -0.25) is 0 Å². The van der Waals surface area contributed by atoms with E-state index in [1.54, 1.807) is 0 Å². The second-order valence-corrected chi connectivity index (χ2v) is 5.08. The van der Waals surface area contributed by atoms with Gasteiger partial charge in [-0.25, -0.2) is 4.98 Å². The topological polar surface area (TPSA) is 28.6 Å². The van der Waals surface area contributed by atoms with E-state index in [-0.39, 0.29) is 6.10 Å². The molecule has 18 heavy (non-hydrogen) atoms. The van der Waals surface area contributed by atoms with Crippen molar-refractivity contribution in [2.45, 2.75) is 19.4 Å². The quantitative estimate of drug-likeness (QED) is 0.807. The average molecular weight is 249 g/mol. The fraction of sp³-hybridized carbons (Fsp3) is 0.643. The van der Waals surface area contributed by atoms with Crippen molar-refractivity contribution in [2.75, 3.05) is 45.2 Å². The molecule has 1 aliphatic heterocycles. The third-order valence-corrected chi connectivity index (χ3v) is 3.25. The first kappa shape index (κ1) is 13.3. The zero-order chi connectivity index (χ0) is 13.0. The van der Waals surface area contributed by atoms with Crippen molar-refractivity contribution in [1.29, 1.82) is 0 Å². The lowest BCUT2D eigenvalue weighted by molar-refractivity contribution is 0.0245. The molecule has 4 nitrogen and oxygen atoms in total. The number of aryl methyl sites for hydroxylation is 1. The van der Waals surface area contributed by atoms with Crippen molar-refractivity contribution in [1.82, 2.24) is 9.88 Å². The number of rotatable bonds is 4. The van der Waals surface area contributed by atoms with E-state index >= 15 is 0 Å². The van der Waals surface area contributed by atoms with Crippen molar-refractivity contribution in [3.05, 3.63) is 23.9 Å². The Balaban J connectivity index is 1.98. The van der Waals surface area contributed by atoms with Crippen molar-refractivity contribution in [3.8, 4) is 0 Å². The maximum Gasteiger partial charge on any atom is 0.128 e. The van der Waals surface area contributed by atoms with Crippen LogP contribution in [0.15, 0.2) is 18.3 Å². The van der Waals surface area contributed by atoms with Crippen molar-refractivity contribution in [2.24, 2.45) is 0 Å². The van der Waals surface area contributed by atoms with Gasteiger partial charge >= 0.3 is 0 Å². The minimum Gasteiger partial charge on any atom is -0.373 e. The van der Waals surface area contributed by atoms with Crippen molar-refractivity contribution in [3.63, 3.8) is 0 Å². The highest BCUT2D eigenvalue weighted by Crippen LogP contribution is 2.16. The van der Waals surface area contributed by atoms with E-state index in [2.05, 4.69) is 47.9 Å². The van der Waals surface area contributed by atoms with Crippen molar-refractivity contribution >= 4 is 5.82 Å². The first-order chi connectivity index (χ1) is 8.69. The number of nitrogens with zero attached hydrogens (tertiary/aromatic N) is 3. The lowest BCUT2D eigenvalue weighted by atomic mass is 10.2. The summed E-state index contributed by atoms with van der Waals surface area (Å²) in [6.07, 6.45) is 3.30. The molecule has 4 heteroatoms. The Morgan fingerprint density at radius 2 is 2.28 bits per heavy atom. The first-order valence-corrected chi connectivity index (χ1v) is 6.65. The summed E-state index contributed by atoms with van der Waals surface area (Å²) >= 11 is 0. The minimum absolute atomic E-state index is 0.279. The molecular formula is C14H23N3O. The van der Waals surface area contributed by atoms with Gasteiger partial charge in [-0.1, -0.05) is 13.0 Å². The molecule has 1 atom stereocenters. The van der Waals surface area contributed by atoms with Gasteiger partial charge in [-0.15, -0.1) is 0 Å². The Hall–Kier alpha value is -1.13. The highest BCUT2D eigenvalue weighted by molar-refractivity contribution is 5.40. The monoisotopic (exact) mass is 249 g/mol. The van der Waals surface area contributed by atoms with Crippen LogP contribution in [-0.4, -0.2) is 56.3 Å². The molecule has 0 saturated carbocycles. The average Bonchev–Trinajstić information content (AvgIpc) is 2.38. The number of ether oxygens (including phenoxy) is 1. The molecule has 0 aromatic carbocycles. The molecule has 1 aromatic rings. The van der Waals surface area contributed by atoms with Crippen LogP contribution in [0.3, 0.4) is 0 Å². The molecule has 2 rings (SSSR count). The number of pyridine rings is 1. The molecular weight excluding hydrogens is 226 g/mol. The van der Waals surface area contributed by atoms with Gasteiger partial charge in [-0.05, 0) is 32.1 Å². The fourth-order valence-corrected chi connectivity index (χ4v) is 2.26. The molecule has 1 aromatic heterocycles. The molecule has 100 valence electrons. The zero-order valence-electron chi connectivity index (χ0n) is 11.6. The lowest BCUT2D eigenvalue weighted by Gasteiger charge is -2.34. The van der Waals surface area contributed by atoms with Gasteiger partial charge in [0.05, 0.1) is 12.7 Å². The van der Waals surface area contributed by atoms with Crippen LogP contribution in [0.4, 0.5) is 5.82 Å². The van der Waals surface area contributed by atoms with E-state index in [1.807, 2.05) is 6.20 Å². The minimum atomic E-state index is 0.279.